The molecule has 1 amide bonds. The largest absolute Gasteiger partial charge is 0.497 e. The van der Waals surface area contributed by atoms with Gasteiger partial charge in [-0.25, -0.2) is 4.98 Å². The van der Waals surface area contributed by atoms with Crippen LogP contribution in [-0.4, -0.2) is 46.0 Å². The maximum atomic E-state index is 13.4. The number of ether oxygens (including phenoxy) is 1. The van der Waals surface area contributed by atoms with Crippen molar-refractivity contribution in [2.45, 2.75) is 25.2 Å². The van der Waals surface area contributed by atoms with Gasteiger partial charge in [0.05, 0.1) is 40.9 Å². The van der Waals surface area contributed by atoms with Crippen LogP contribution in [0.1, 0.15) is 46.3 Å². The molecule has 3 aromatic heterocycles. The number of oxazole rings is 1. The predicted octanol–water partition coefficient (Wildman–Crippen LogP) is 4.81. The van der Waals surface area contributed by atoms with Crippen LogP contribution in [0.3, 0.4) is 0 Å². The zero-order valence-corrected chi connectivity index (χ0v) is 19.1. The van der Waals surface area contributed by atoms with E-state index in [1.54, 1.807) is 37.3 Å². The number of piperidine rings is 1. The van der Waals surface area contributed by atoms with Gasteiger partial charge in [-0.3, -0.25) is 14.8 Å². The Morgan fingerprint density at radius 3 is 2.88 bits per heavy atom. The quantitative estimate of drug-likeness (QED) is 0.411. The third-order valence-corrected chi connectivity index (χ3v) is 6.65. The van der Waals surface area contributed by atoms with Crippen molar-refractivity contribution >= 4 is 17.2 Å². The monoisotopic (exact) mass is 460 g/mol. The summed E-state index contributed by atoms with van der Waals surface area (Å²) in [6.45, 7) is 1.30. The van der Waals surface area contributed by atoms with Crippen LogP contribution in [0.5, 0.6) is 5.75 Å². The van der Waals surface area contributed by atoms with Crippen LogP contribution in [-0.2, 0) is 6.42 Å². The average Bonchev–Trinajstić information content (AvgIpc) is 3.57. The Morgan fingerprint density at radius 1 is 1.21 bits per heavy atom. The summed E-state index contributed by atoms with van der Waals surface area (Å²) in [6, 6.07) is 11.6. The summed E-state index contributed by atoms with van der Waals surface area (Å²) in [5.41, 5.74) is 4.17. The molecule has 0 N–H and O–H groups in total. The number of rotatable bonds is 6. The molecule has 1 aliphatic heterocycles. The minimum atomic E-state index is -0.0128. The van der Waals surface area contributed by atoms with Crippen LogP contribution >= 0.6 is 11.3 Å². The molecule has 0 radical (unpaired) electrons. The highest BCUT2D eigenvalue weighted by Gasteiger charge is 2.30. The highest BCUT2D eigenvalue weighted by Crippen LogP contribution is 2.30. The summed E-state index contributed by atoms with van der Waals surface area (Å²) >= 11 is 1.48. The van der Waals surface area contributed by atoms with E-state index in [0.29, 0.717) is 36.7 Å². The number of benzene rings is 1. The molecule has 1 saturated heterocycles. The molecule has 5 rings (SSSR count). The first-order valence-electron chi connectivity index (χ1n) is 10.9. The predicted molar refractivity (Wildman–Crippen MR) is 126 cm³/mol. The van der Waals surface area contributed by atoms with Crippen molar-refractivity contribution in [1.82, 2.24) is 19.9 Å². The number of carbonyl (C=O) groups is 1. The van der Waals surface area contributed by atoms with Gasteiger partial charge in [-0.05, 0) is 42.7 Å². The van der Waals surface area contributed by atoms with E-state index < -0.39 is 0 Å². The fraction of sp³-hybridized carbons (Fsp3) is 0.280. The summed E-state index contributed by atoms with van der Waals surface area (Å²) in [5, 5.41) is 0. The van der Waals surface area contributed by atoms with E-state index in [2.05, 4.69) is 15.0 Å². The number of nitrogens with zero attached hydrogens (tertiary/aromatic N) is 4. The Hall–Kier alpha value is -3.52. The number of hydrogen-bond acceptors (Lipinski definition) is 7. The molecule has 0 bridgehead atoms. The smallest absolute Gasteiger partial charge is 0.256 e. The fourth-order valence-corrected chi connectivity index (χ4v) is 4.81. The zero-order valence-electron chi connectivity index (χ0n) is 18.3. The third kappa shape index (κ3) is 4.66. The molecule has 0 aliphatic carbocycles. The molecular weight excluding hydrogens is 436 g/mol. The third-order valence-electron chi connectivity index (χ3n) is 5.87. The molecule has 8 heteroatoms. The van der Waals surface area contributed by atoms with Crippen LogP contribution < -0.4 is 4.74 Å². The number of amides is 1. The normalized spacial score (nSPS) is 16.0. The molecule has 0 unspecified atom stereocenters. The number of carbonyl (C=O) groups excluding carboxylic acids is 1. The van der Waals surface area contributed by atoms with Gasteiger partial charge >= 0.3 is 0 Å². The molecule has 1 aliphatic rings. The lowest BCUT2D eigenvalue weighted by molar-refractivity contribution is 0.0698. The van der Waals surface area contributed by atoms with Gasteiger partial charge in [-0.15, -0.1) is 11.3 Å². The number of thiazole rings is 1. The van der Waals surface area contributed by atoms with Gasteiger partial charge in [0.25, 0.3) is 5.91 Å². The number of aromatic nitrogens is 3. The topological polar surface area (TPSA) is 81.4 Å². The first-order chi connectivity index (χ1) is 16.2. The van der Waals surface area contributed by atoms with Crippen molar-refractivity contribution in [3.8, 4) is 16.3 Å². The summed E-state index contributed by atoms with van der Waals surface area (Å²) in [5.74, 6) is 2.41. The molecule has 7 nitrogen and oxygen atoms in total. The van der Waals surface area contributed by atoms with Crippen LogP contribution in [0.25, 0.3) is 10.6 Å². The second-order valence-corrected chi connectivity index (χ2v) is 8.93. The van der Waals surface area contributed by atoms with Crippen molar-refractivity contribution < 1.29 is 13.9 Å². The molecule has 4 aromatic rings. The Kier molecular flexibility index (Phi) is 6.17. The summed E-state index contributed by atoms with van der Waals surface area (Å²) < 4.78 is 11.3. The Balaban J connectivity index is 1.29. The zero-order chi connectivity index (χ0) is 22.6. The van der Waals surface area contributed by atoms with Gasteiger partial charge in [0.15, 0.2) is 5.89 Å². The maximum absolute atomic E-state index is 13.4. The SMILES string of the molecule is COc1ccc(Cc2cnc([C@@H]3CCCN(C(=O)c4cccnc4-c4cncs4)C3)o2)cc1. The second kappa shape index (κ2) is 9.54. The molecular formula is C25H24N4O3S. The minimum absolute atomic E-state index is 0.0128. The van der Waals surface area contributed by atoms with Crippen molar-refractivity contribution in [1.29, 1.82) is 0 Å². The number of hydrogen-bond donors (Lipinski definition) is 0. The van der Waals surface area contributed by atoms with E-state index in [0.717, 1.165) is 34.8 Å². The van der Waals surface area contributed by atoms with Crippen LogP contribution in [0.4, 0.5) is 0 Å². The minimum Gasteiger partial charge on any atom is -0.497 e. The molecule has 0 spiro atoms. The van der Waals surface area contributed by atoms with E-state index in [9.17, 15) is 4.79 Å². The molecule has 168 valence electrons. The summed E-state index contributed by atoms with van der Waals surface area (Å²) in [6.07, 6.45) is 7.77. The molecule has 1 aromatic carbocycles. The molecule has 4 heterocycles. The van der Waals surface area contributed by atoms with Crippen molar-refractivity contribution in [2.75, 3.05) is 20.2 Å². The van der Waals surface area contributed by atoms with Gasteiger partial charge in [0.1, 0.15) is 11.5 Å². The highest BCUT2D eigenvalue weighted by atomic mass is 32.1. The molecule has 1 atom stereocenters. The summed E-state index contributed by atoms with van der Waals surface area (Å²) in [7, 11) is 1.66. The fourth-order valence-electron chi connectivity index (χ4n) is 4.18. The first kappa shape index (κ1) is 21.3. The van der Waals surface area contributed by atoms with Crippen molar-refractivity contribution in [3.05, 3.63) is 83.3 Å². The lowest BCUT2D eigenvalue weighted by Crippen LogP contribution is -2.39. The number of likely N-dealkylation sites (tertiary alicyclic amines) is 1. The highest BCUT2D eigenvalue weighted by molar-refractivity contribution is 7.13. The van der Waals surface area contributed by atoms with Crippen LogP contribution in [0.2, 0.25) is 0 Å². The van der Waals surface area contributed by atoms with Crippen LogP contribution in [0, 0.1) is 0 Å². The number of pyridine rings is 1. The number of methoxy groups -OCH3 is 1. The van der Waals surface area contributed by atoms with Crippen LogP contribution in [0.15, 0.2) is 64.9 Å². The van der Waals surface area contributed by atoms with E-state index in [1.807, 2.05) is 35.2 Å². The lowest BCUT2D eigenvalue weighted by atomic mass is 9.97. The Bertz CT molecular complexity index is 1220. The van der Waals surface area contributed by atoms with Gasteiger partial charge in [-0.1, -0.05) is 12.1 Å². The van der Waals surface area contributed by atoms with Crippen molar-refractivity contribution in [2.24, 2.45) is 0 Å². The Labute approximate surface area is 196 Å². The molecule has 33 heavy (non-hydrogen) atoms. The van der Waals surface area contributed by atoms with Gasteiger partial charge in [0, 0.05) is 31.9 Å². The van der Waals surface area contributed by atoms with E-state index in [1.165, 1.54) is 11.3 Å². The van der Waals surface area contributed by atoms with Crippen molar-refractivity contribution in [3.63, 3.8) is 0 Å². The van der Waals surface area contributed by atoms with E-state index in [-0.39, 0.29) is 11.8 Å². The van der Waals surface area contributed by atoms with Gasteiger partial charge in [0.2, 0.25) is 0 Å². The van der Waals surface area contributed by atoms with E-state index in [4.69, 9.17) is 9.15 Å². The average molecular weight is 461 g/mol. The maximum Gasteiger partial charge on any atom is 0.256 e. The van der Waals surface area contributed by atoms with E-state index >= 15 is 0 Å². The lowest BCUT2D eigenvalue weighted by Gasteiger charge is -2.31. The molecule has 1 fully saturated rings. The van der Waals surface area contributed by atoms with Gasteiger partial charge in [-0.2, -0.15) is 0 Å². The Morgan fingerprint density at radius 2 is 2.09 bits per heavy atom. The standard InChI is InChI=1S/C25H24N4O3S/c1-31-19-8-6-17(7-9-19)12-20-13-28-24(32-20)18-4-3-11-29(15-18)25(30)21-5-2-10-27-23(21)22-14-26-16-33-22/h2,5-10,13-14,16,18H,3-4,11-12,15H2,1H3/t18-/m1/s1. The summed E-state index contributed by atoms with van der Waals surface area (Å²) in [4.78, 5) is 29.3. The first-order valence-corrected chi connectivity index (χ1v) is 11.8. The molecule has 0 saturated carbocycles. The van der Waals surface area contributed by atoms with Gasteiger partial charge < -0.3 is 14.1 Å². The second-order valence-electron chi connectivity index (χ2n) is 8.05.